The summed E-state index contributed by atoms with van der Waals surface area (Å²) in [6.45, 7) is 2.01. The van der Waals surface area contributed by atoms with Gasteiger partial charge in [-0.3, -0.25) is 4.68 Å². The predicted octanol–water partition coefficient (Wildman–Crippen LogP) is 1.22. The van der Waals surface area contributed by atoms with Crippen LogP contribution in [0.3, 0.4) is 0 Å². The molecule has 2 rings (SSSR count). The standard InChI is InChI=1S/C9H12N4O/c1-3-6-4-8(12-14-6)7-5-9(10)13(2)11-7/h4-5H,3,10H2,1-2H3. The highest BCUT2D eigenvalue weighted by molar-refractivity contribution is 5.57. The fourth-order valence-corrected chi connectivity index (χ4v) is 1.21. The summed E-state index contributed by atoms with van der Waals surface area (Å²) in [5.41, 5.74) is 7.13. The Morgan fingerprint density at radius 1 is 1.43 bits per heavy atom. The molecule has 2 aromatic heterocycles. The third-order valence-electron chi connectivity index (χ3n) is 2.09. The molecule has 0 aromatic carbocycles. The summed E-state index contributed by atoms with van der Waals surface area (Å²) in [6, 6.07) is 3.65. The van der Waals surface area contributed by atoms with E-state index in [2.05, 4.69) is 10.3 Å². The van der Waals surface area contributed by atoms with Crippen LogP contribution >= 0.6 is 0 Å². The van der Waals surface area contributed by atoms with Crippen LogP contribution in [-0.4, -0.2) is 14.9 Å². The van der Waals surface area contributed by atoms with Gasteiger partial charge in [0.25, 0.3) is 0 Å². The second-order valence-corrected chi connectivity index (χ2v) is 3.11. The lowest BCUT2D eigenvalue weighted by Crippen LogP contribution is -1.96. The van der Waals surface area contributed by atoms with E-state index in [1.54, 1.807) is 17.8 Å². The van der Waals surface area contributed by atoms with Gasteiger partial charge in [0, 0.05) is 25.6 Å². The highest BCUT2D eigenvalue weighted by Crippen LogP contribution is 2.19. The lowest BCUT2D eigenvalue weighted by atomic mass is 10.2. The van der Waals surface area contributed by atoms with Crippen molar-refractivity contribution in [2.45, 2.75) is 13.3 Å². The SMILES string of the molecule is CCc1cc(-c2cc(N)n(C)n2)no1. The molecule has 2 heterocycles. The molecule has 5 nitrogen and oxygen atoms in total. The molecule has 2 aromatic rings. The number of nitrogen functional groups attached to an aromatic ring is 1. The van der Waals surface area contributed by atoms with Crippen molar-refractivity contribution in [1.82, 2.24) is 14.9 Å². The van der Waals surface area contributed by atoms with Crippen LogP contribution in [0.25, 0.3) is 11.4 Å². The van der Waals surface area contributed by atoms with Gasteiger partial charge in [0.2, 0.25) is 0 Å². The van der Waals surface area contributed by atoms with Crippen LogP contribution in [-0.2, 0) is 13.5 Å². The highest BCUT2D eigenvalue weighted by atomic mass is 16.5. The summed E-state index contributed by atoms with van der Waals surface area (Å²) < 4.78 is 6.68. The topological polar surface area (TPSA) is 69.9 Å². The lowest BCUT2D eigenvalue weighted by molar-refractivity contribution is 0.388. The Morgan fingerprint density at radius 3 is 2.71 bits per heavy atom. The molecule has 0 amide bonds. The van der Waals surface area contributed by atoms with Crippen LogP contribution in [0.4, 0.5) is 5.82 Å². The third kappa shape index (κ3) is 1.37. The van der Waals surface area contributed by atoms with Gasteiger partial charge in [-0.2, -0.15) is 5.10 Å². The molecule has 0 saturated carbocycles. The number of hydrogen-bond acceptors (Lipinski definition) is 4. The largest absolute Gasteiger partial charge is 0.384 e. The van der Waals surface area contributed by atoms with E-state index in [9.17, 15) is 0 Å². The number of nitrogens with zero attached hydrogens (tertiary/aromatic N) is 3. The second kappa shape index (κ2) is 3.17. The van der Waals surface area contributed by atoms with Gasteiger partial charge in [0.05, 0.1) is 0 Å². The molecule has 0 radical (unpaired) electrons. The minimum Gasteiger partial charge on any atom is -0.384 e. The molecule has 0 spiro atoms. The Hall–Kier alpha value is -1.78. The van der Waals surface area contributed by atoms with Crippen molar-refractivity contribution in [2.24, 2.45) is 7.05 Å². The average molecular weight is 192 g/mol. The van der Waals surface area contributed by atoms with E-state index in [0.717, 1.165) is 23.6 Å². The fourth-order valence-electron chi connectivity index (χ4n) is 1.21. The summed E-state index contributed by atoms with van der Waals surface area (Å²) in [6.07, 6.45) is 0.829. The average Bonchev–Trinajstić information content (AvgIpc) is 2.74. The molecule has 0 bridgehead atoms. The first kappa shape index (κ1) is 8.80. The minimum absolute atomic E-state index is 0.612. The van der Waals surface area contributed by atoms with Gasteiger partial charge in [-0.15, -0.1) is 0 Å². The van der Waals surface area contributed by atoms with E-state index in [0.29, 0.717) is 5.82 Å². The summed E-state index contributed by atoms with van der Waals surface area (Å²) in [4.78, 5) is 0. The number of nitrogens with two attached hydrogens (primary N) is 1. The third-order valence-corrected chi connectivity index (χ3v) is 2.09. The molecule has 14 heavy (non-hydrogen) atoms. The summed E-state index contributed by atoms with van der Waals surface area (Å²) in [7, 11) is 1.79. The predicted molar refractivity (Wildman–Crippen MR) is 52.5 cm³/mol. The van der Waals surface area contributed by atoms with Crippen LogP contribution < -0.4 is 5.73 Å². The van der Waals surface area contributed by atoms with Gasteiger partial charge in [-0.1, -0.05) is 12.1 Å². The van der Waals surface area contributed by atoms with Gasteiger partial charge < -0.3 is 10.3 Å². The Kier molecular flexibility index (Phi) is 1.99. The maximum absolute atomic E-state index is 5.66. The Labute approximate surface area is 81.5 Å². The van der Waals surface area contributed by atoms with Crippen LogP contribution in [0.1, 0.15) is 12.7 Å². The van der Waals surface area contributed by atoms with Gasteiger partial charge in [-0.05, 0) is 0 Å². The molecule has 0 aliphatic rings. The van der Waals surface area contributed by atoms with Crippen LogP contribution in [0.2, 0.25) is 0 Å². The number of hydrogen-bond donors (Lipinski definition) is 1. The Balaban J connectivity index is 2.39. The van der Waals surface area contributed by atoms with Gasteiger partial charge >= 0.3 is 0 Å². The van der Waals surface area contributed by atoms with Gasteiger partial charge in [0.15, 0.2) is 0 Å². The van der Waals surface area contributed by atoms with E-state index in [4.69, 9.17) is 10.3 Å². The zero-order chi connectivity index (χ0) is 10.1. The molecule has 5 heteroatoms. The van der Waals surface area contributed by atoms with Crippen molar-refractivity contribution in [1.29, 1.82) is 0 Å². The Bertz CT molecular complexity index is 424. The normalized spacial score (nSPS) is 10.7. The maximum Gasteiger partial charge on any atom is 0.137 e. The van der Waals surface area contributed by atoms with E-state index in [1.807, 2.05) is 13.0 Å². The summed E-state index contributed by atoms with van der Waals surface area (Å²) in [5.74, 6) is 1.46. The van der Waals surface area contributed by atoms with Crippen LogP contribution in [0.15, 0.2) is 16.7 Å². The number of rotatable bonds is 2. The van der Waals surface area contributed by atoms with Crippen LogP contribution in [0, 0.1) is 0 Å². The molecular weight excluding hydrogens is 180 g/mol. The molecule has 74 valence electrons. The number of aromatic nitrogens is 3. The summed E-state index contributed by atoms with van der Waals surface area (Å²) in [5, 5.41) is 8.10. The molecule has 0 aliphatic carbocycles. The van der Waals surface area contributed by atoms with Gasteiger partial charge in [-0.25, -0.2) is 0 Å². The summed E-state index contributed by atoms with van der Waals surface area (Å²) >= 11 is 0. The van der Waals surface area contributed by atoms with Crippen molar-refractivity contribution in [3.05, 3.63) is 17.9 Å². The molecule has 0 fully saturated rings. The Morgan fingerprint density at radius 2 is 2.21 bits per heavy atom. The van der Waals surface area contributed by atoms with Crippen LogP contribution in [0.5, 0.6) is 0 Å². The van der Waals surface area contributed by atoms with Crippen molar-refractivity contribution < 1.29 is 4.52 Å². The highest BCUT2D eigenvalue weighted by Gasteiger charge is 2.09. The second-order valence-electron chi connectivity index (χ2n) is 3.11. The fraction of sp³-hybridized carbons (Fsp3) is 0.333. The molecule has 0 saturated heterocycles. The lowest BCUT2D eigenvalue weighted by Gasteiger charge is -1.88. The number of aryl methyl sites for hydroxylation is 2. The quantitative estimate of drug-likeness (QED) is 0.776. The van der Waals surface area contributed by atoms with Gasteiger partial charge in [0.1, 0.15) is 23.0 Å². The van der Waals surface area contributed by atoms with Crippen molar-refractivity contribution in [3.63, 3.8) is 0 Å². The van der Waals surface area contributed by atoms with E-state index >= 15 is 0 Å². The molecule has 0 aliphatic heterocycles. The first-order valence-electron chi connectivity index (χ1n) is 4.46. The maximum atomic E-state index is 5.66. The first-order chi connectivity index (χ1) is 6.70. The number of anilines is 1. The van der Waals surface area contributed by atoms with E-state index in [-0.39, 0.29) is 0 Å². The zero-order valence-electron chi connectivity index (χ0n) is 8.19. The monoisotopic (exact) mass is 192 g/mol. The van der Waals surface area contributed by atoms with E-state index in [1.165, 1.54) is 0 Å². The molecule has 2 N–H and O–H groups in total. The van der Waals surface area contributed by atoms with E-state index < -0.39 is 0 Å². The van der Waals surface area contributed by atoms with Crippen molar-refractivity contribution in [2.75, 3.05) is 5.73 Å². The van der Waals surface area contributed by atoms with Crippen molar-refractivity contribution in [3.8, 4) is 11.4 Å². The minimum atomic E-state index is 0.612. The first-order valence-corrected chi connectivity index (χ1v) is 4.46. The molecule has 0 unspecified atom stereocenters. The molecular formula is C9H12N4O. The smallest absolute Gasteiger partial charge is 0.137 e. The van der Waals surface area contributed by atoms with Crippen molar-refractivity contribution >= 4 is 5.82 Å². The molecule has 0 atom stereocenters. The zero-order valence-corrected chi connectivity index (χ0v) is 8.19.